The minimum absolute atomic E-state index is 0.430. The summed E-state index contributed by atoms with van der Waals surface area (Å²) in [7, 11) is 0. The lowest BCUT2D eigenvalue weighted by Gasteiger charge is -2.28. The Morgan fingerprint density at radius 2 is 2.14 bits per heavy atom. The van der Waals surface area contributed by atoms with Crippen molar-refractivity contribution in [3.63, 3.8) is 0 Å². The maximum Gasteiger partial charge on any atom is 0.120 e. The first-order valence-corrected chi connectivity index (χ1v) is 8.02. The lowest BCUT2D eigenvalue weighted by Crippen LogP contribution is -2.32. The zero-order chi connectivity index (χ0) is 14.7. The fraction of sp³-hybridized carbons (Fsp3) is 0.588. The number of furan rings is 1. The number of hydrogen-bond acceptors (Lipinski definition) is 3. The van der Waals surface area contributed by atoms with Crippen LogP contribution in [-0.4, -0.2) is 27.8 Å². The van der Waals surface area contributed by atoms with Crippen molar-refractivity contribution in [3.8, 4) is 0 Å². The molecular formula is C17H25N3O. The SMILES string of the molecule is Cc1cc(C)n(CCN2CCCCC[C@H]2c2ccco2)n1. The van der Waals surface area contributed by atoms with E-state index >= 15 is 0 Å². The van der Waals surface area contributed by atoms with Crippen molar-refractivity contribution in [1.29, 1.82) is 0 Å². The van der Waals surface area contributed by atoms with Gasteiger partial charge in [-0.1, -0.05) is 12.8 Å². The highest BCUT2D eigenvalue weighted by Gasteiger charge is 2.24. The topological polar surface area (TPSA) is 34.2 Å². The molecule has 3 heterocycles. The first kappa shape index (κ1) is 14.4. The standard InChI is InChI=1S/C17H25N3O/c1-14-13-15(2)20(18-14)11-10-19-9-5-3-4-7-16(19)17-8-6-12-21-17/h6,8,12-13,16H,3-5,7,9-11H2,1-2H3/t16-/m0/s1. The Hall–Kier alpha value is -1.55. The van der Waals surface area contributed by atoms with Crippen LogP contribution < -0.4 is 0 Å². The summed E-state index contributed by atoms with van der Waals surface area (Å²) in [5.74, 6) is 1.12. The van der Waals surface area contributed by atoms with Crippen molar-refractivity contribution in [2.24, 2.45) is 0 Å². The molecule has 0 N–H and O–H groups in total. The van der Waals surface area contributed by atoms with Crippen LogP contribution in [0.25, 0.3) is 0 Å². The van der Waals surface area contributed by atoms with Crippen LogP contribution in [0.15, 0.2) is 28.9 Å². The molecule has 0 saturated carbocycles. The van der Waals surface area contributed by atoms with Gasteiger partial charge in [0.1, 0.15) is 5.76 Å². The van der Waals surface area contributed by atoms with Crippen LogP contribution in [0.3, 0.4) is 0 Å². The Labute approximate surface area is 126 Å². The summed E-state index contributed by atoms with van der Waals surface area (Å²) < 4.78 is 7.80. The predicted octanol–water partition coefficient (Wildman–Crippen LogP) is 3.71. The second-order valence-corrected chi connectivity index (χ2v) is 6.07. The first-order chi connectivity index (χ1) is 10.2. The van der Waals surface area contributed by atoms with Crippen molar-refractivity contribution in [3.05, 3.63) is 41.6 Å². The molecule has 0 aromatic carbocycles. The molecule has 2 aromatic rings. The average molecular weight is 287 g/mol. The van der Waals surface area contributed by atoms with E-state index in [9.17, 15) is 0 Å². The number of aromatic nitrogens is 2. The summed E-state index contributed by atoms with van der Waals surface area (Å²) in [5, 5.41) is 4.57. The highest BCUT2D eigenvalue weighted by molar-refractivity contribution is 5.07. The Morgan fingerprint density at radius 3 is 2.86 bits per heavy atom. The van der Waals surface area contributed by atoms with Gasteiger partial charge in [0.05, 0.1) is 24.5 Å². The first-order valence-electron chi connectivity index (χ1n) is 8.02. The van der Waals surface area contributed by atoms with Gasteiger partial charge in [-0.2, -0.15) is 5.10 Å². The number of aryl methyl sites for hydroxylation is 2. The van der Waals surface area contributed by atoms with Crippen LogP contribution in [0.2, 0.25) is 0 Å². The lowest BCUT2D eigenvalue weighted by atomic mass is 10.1. The third kappa shape index (κ3) is 3.38. The van der Waals surface area contributed by atoms with E-state index in [1.54, 1.807) is 6.26 Å². The second kappa shape index (κ2) is 6.48. The minimum Gasteiger partial charge on any atom is -0.468 e. The Bertz CT molecular complexity index is 559. The van der Waals surface area contributed by atoms with Gasteiger partial charge in [0.2, 0.25) is 0 Å². The summed E-state index contributed by atoms with van der Waals surface area (Å²) >= 11 is 0. The van der Waals surface area contributed by atoms with Gasteiger partial charge in [0, 0.05) is 12.2 Å². The van der Waals surface area contributed by atoms with Gasteiger partial charge < -0.3 is 4.42 Å². The third-order valence-corrected chi connectivity index (χ3v) is 4.44. The number of hydrogen-bond donors (Lipinski definition) is 0. The van der Waals surface area contributed by atoms with Crippen molar-refractivity contribution in [2.75, 3.05) is 13.1 Å². The predicted molar refractivity (Wildman–Crippen MR) is 83.2 cm³/mol. The molecule has 21 heavy (non-hydrogen) atoms. The molecule has 4 nitrogen and oxygen atoms in total. The summed E-state index contributed by atoms with van der Waals surface area (Å²) in [6.07, 6.45) is 6.90. The lowest BCUT2D eigenvalue weighted by molar-refractivity contribution is 0.169. The molecule has 0 amide bonds. The second-order valence-electron chi connectivity index (χ2n) is 6.07. The van der Waals surface area contributed by atoms with Gasteiger partial charge in [-0.3, -0.25) is 9.58 Å². The van der Waals surface area contributed by atoms with Crippen LogP contribution in [0.5, 0.6) is 0 Å². The van der Waals surface area contributed by atoms with Crippen LogP contribution >= 0.6 is 0 Å². The maximum atomic E-state index is 5.67. The van der Waals surface area contributed by atoms with Gasteiger partial charge in [-0.15, -0.1) is 0 Å². The molecule has 1 aliphatic heterocycles. The van der Waals surface area contributed by atoms with Crippen LogP contribution in [0.1, 0.15) is 48.9 Å². The zero-order valence-electron chi connectivity index (χ0n) is 13.1. The molecule has 3 rings (SSSR count). The van der Waals surface area contributed by atoms with Gasteiger partial charge in [0.15, 0.2) is 0 Å². The molecule has 1 aliphatic rings. The number of rotatable bonds is 4. The van der Waals surface area contributed by atoms with Crippen molar-refractivity contribution >= 4 is 0 Å². The monoisotopic (exact) mass is 287 g/mol. The molecule has 0 bridgehead atoms. The van der Waals surface area contributed by atoms with Crippen molar-refractivity contribution in [2.45, 2.75) is 52.1 Å². The number of likely N-dealkylation sites (tertiary alicyclic amines) is 1. The molecule has 1 atom stereocenters. The van der Waals surface area contributed by atoms with E-state index in [4.69, 9.17) is 4.42 Å². The zero-order valence-corrected chi connectivity index (χ0v) is 13.1. The molecule has 4 heteroatoms. The molecule has 0 radical (unpaired) electrons. The van der Waals surface area contributed by atoms with Crippen LogP contribution in [-0.2, 0) is 6.54 Å². The molecule has 0 unspecified atom stereocenters. The van der Waals surface area contributed by atoms with E-state index in [1.165, 1.54) is 31.4 Å². The van der Waals surface area contributed by atoms with Gasteiger partial charge in [-0.05, 0) is 51.4 Å². The highest BCUT2D eigenvalue weighted by Crippen LogP contribution is 2.30. The minimum atomic E-state index is 0.430. The number of nitrogens with zero attached hydrogens (tertiary/aromatic N) is 3. The van der Waals surface area contributed by atoms with E-state index in [-0.39, 0.29) is 0 Å². The third-order valence-electron chi connectivity index (χ3n) is 4.44. The summed E-state index contributed by atoms with van der Waals surface area (Å²) in [6, 6.07) is 6.69. The Morgan fingerprint density at radius 1 is 1.24 bits per heavy atom. The largest absolute Gasteiger partial charge is 0.468 e. The average Bonchev–Trinajstić information content (AvgIpc) is 3.02. The molecule has 0 spiro atoms. The van der Waals surface area contributed by atoms with Gasteiger partial charge in [0.25, 0.3) is 0 Å². The molecule has 2 aromatic heterocycles. The van der Waals surface area contributed by atoms with Crippen LogP contribution in [0, 0.1) is 13.8 Å². The van der Waals surface area contributed by atoms with E-state index in [0.717, 1.165) is 31.1 Å². The summed E-state index contributed by atoms with van der Waals surface area (Å²) in [5.41, 5.74) is 2.35. The fourth-order valence-corrected chi connectivity index (χ4v) is 3.36. The van der Waals surface area contributed by atoms with E-state index < -0.39 is 0 Å². The van der Waals surface area contributed by atoms with Gasteiger partial charge in [-0.25, -0.2) is 0 Å². The van der Waals surface area contributed by atoms with E-state index in [1.807, 2.05) is 6.07 Å². The van der Waals surface area contributed by atoms with Gasteiger partial charge >= 0.3 is 0 Å². The molecular weight excluding hydrogens is 262 g/mol. The molecule has 1 saturated heterocycles. The fourth-order valence-electron chi connectivity index (χ4n) is 3.36. The normalized spacial score (nSPS) is 20.6. The highest BCUT2D eigenvalue weighted by atomic mass is 16.3. The molecule has 0 aliphatic carbocycles. The van der Waals surface area contributed by atoms with Crippen LogP contribution in [0.4, 0.5) is 0 Å². The van der Waals surface area contributed by atoms with E-state index in [0.29, 0.717) is 6.04 Å². The molecule has 114 valence electrons. The quantitative estimate of drug-likeness (QED) is 0.859. The summed E-state index contributed by atoms with van der Waals surface area (Å²) in [6.45, 7) is 7.34. The van der Waals surface area contributed by atoms with E-state index in [2.05, 4.69) is 40.7 Å². The smallest absolute Gasteiger partial charge is 0.120 e. The Kier molecular flexibility index (Phi) is 4.44. The van der Waals surface area contributed by atoms with Crippen molar-refractivity contribution < 1.29 is 4.42 Å². The van der Waals surface area contributed by atoms with Crippen molar-refractivity contribution in [1.82, 2.24) is 14.7 Å². The maximum absolute atomic E-state index is 5.67. The Balaban J connectivity index is 1.70. The molecule has 1 fully saturated rings. The summed E-state index contributed by atoms with van der Waals surface area (Å²) in [4.78, 5) is 2.57.